The number of amides is 2. The quantitative estimate of drug-likeness (QED) is 0.191. The lowest BCUT2D eigenvalue weighted by Crippen LogP contribution is -2.45. The van der Waals surface area contributed by atoms with Gasteiger partial charge in [0.25, 0.3) is 11.4 Å². The minimum Gasteiger partial charge on any atom is -0.452 e. The van der Waals surface area contributed by atoms with Crippen molar-refractivity contribution in [1.82, 2.24) is 10.0 Å². The van der Waals surface area contributed by atoms with Gasteiger partial charge in [0.15, 0.2) is 0 Å². The zero-order chi connectivity index (χ0) is 28.7. The summed E-state index contributed by atoms with van der Waals surface area (Å²) in [6, 6.07) is 10.8. The first kappa shape index (κ1) is 29.2. The van der Waals surface area contributed by atoms with Gasteiger partial charge < -0.3 is 14.2 Å². The fourth-order valence-electron chi connectivity index (χ4n) is 3.34. The molecule has 2 amide bonds. The number of hydrogen-bond donors (Lipinski definition) is 0. The van der Waals surface area contributed by atoms with Gasteiger partial charge in [-0.3, -0.25) is 20.2 Å². The first-order chi connectivity index (χ1) is 18.3. The summed E-state index contributed by atoms with van der Waals surface area (Å²) in [5, 5.41) is 22.5. The summed E-state index contributed by atoms with van der Waals surface area (Å²) in [6.07, 6.45) is -1.79. The Morgan fingerprint density at radius 1 is 0.821 bits per heavy atom. The molecule has 39 heavy (non-hydrogen) atoms. The lowest BCUT2D eigenvalue weighted by molar-refractivity contribution is -0.385. The van der Waals surface area contributed by atoms with Crippen LogP contribution < -0.4 is 0 Å². The largest absolute Gasteiger partial charge is 0.452 e. The van der Waals surface area contributed by atoms with Crippen molar-refractivity contribution in [3.8, 4) is 0 Å². The van der Waals surface area contributed by atoms with Gasteiger partial charge in [0, 0.05) is 24.3 Å². The smallest absolute Gasteiger partial charge is 0.429 e. The molecule has 1 aliphatic rings. The maximum atomic E-state index is 12.9. The van der Waals surface area contributed by atoms with E-state index in [4.69, 9.17) is 14.2 Å². The summed E-state index contributed by atoms with van der Waals surface area (Å²) in [4.78, 5) is 58.7. The third-order valence-electron chi connectivity index (χ3n) is 5.14. The number of thioether (sulfide) groups is 1. The first-order valence-electron chi connectivity index (χ1n) is 11.6. The van der Waals surface area contributed by atoms with Crippen LogP contribution in [0.1, 0.15) is 31.9 Å². The number of nitro benzene ring substituents is 2. The third kappa shape index (κ3) is 8.56. The van der Waals surface area contributed by atoms with Crippen molar-refractivity contribution in [2.24, 2.45) is 0 Å². The third-order valence-corrected chi connectivity index (χ3v) is 6.04. The van der Waals surface area contributed by atoms with E-state index < -0.39 is 38.2 Å². The molecule has 0 radical (unpaired) electrons. The van der Waals surface area contributed by atoms with Crippen molar-refractivity contribution in [3.05, 3.63) is 79.9 Å². The SMILES string of the molecule is CC(C)(C)OC(=O)SC1CN(C(=O)OCc2ccc([N+](=O)[O-])cc2)N(C(=O)OCc2ccc([N+](=O)[O-])cc2)C1. The lowest BCUT2D eigenvalue weighted by atomic mass is 10.2. The second kappa shape index (κ2) is 12.4. The van der Waals surface area contributed by atoms with Crippen molar-refractivity contribution >= 4 is 40.6 Å². The Balaban J connectivity index is 1.67. The second-order valence-electron chi connectivity index (χ2n) is 9.32. The van der Waals surface area contributed by atoms with Crippen LogP contribution in [0.15, 0.2) is 48.5 Å². The molecule has 0 bridgehead atoms. The van der Waals surface area contributed by atoms with Gasteiger partial charge in [-0.05, 0) is 67.9 Å². The summed E-state index contributed by atoms with van der Waals surface area (Å²) >= 11 is 0.826. The van der Waals surface area contributed by atoms with Crippen LogP contribution in [0.3, 0.4) is 0 Å². The summed E-state index contributed by atoms with van der Waals surface area (Å²) < 4.78 is 15.9. The fourth-order valence-corrected chi connectivity index (χ4v) is 4.34. The van der Waals surface area contributed by atoms with Crippen LogP contribution >= 0.6 is 11.8 Å². The van der Waals surface area contributed by atoms with Gasteiger partial charge in [-0.15, -0.1) is 0 Å². The molecule has 0 spiro atoms. The number of benzene rings is 2. The van der Waals surface area contributed by atoms with Gasteiger partial charge in [-0.1, -0.05) is 0 Å². The van der Waals surface area contributed by atoms with Gasteiger partial charge in [-0.2, -0.15) is 0 Å². The Kier molecular flexibility index (Phi) is 9.29. The molecule has 0 unspecified atom stereocenters. The summed E-state index contributed by atoms with van der Waals surface area (Å²) in [7, 11) is 0. The van der Waals surface area contributed by atoms with Crippen molar-refractivity contribution < 1.29 is 38.4 Å². The van der Waals surface area contributed by atoms with Gasteiger partial charge in [0.2, 0.25) is 0 Å². The Hall–Kier alpha value is -4.40. The van der Waals surface area contributed by atoms with Crippen LogP contribution in [0.25, 0.3) is 0 Å². The van der Waals surface area contributed by atoms with Crippen molar-refractivity contribution in [2.45, 2.75) is 44.8 Å². The molecule has 0 aromatic heterocycles. The molecule has 208 valence electrons. The minimum atomic E-state index is -0.895. The highest BCUT2D eigenvalue weighted by atomic mass is 32.2. The van der Waals surface area contributed by atoms with Gasteiger partial charge in [0.1, 0.15) is 18.8 Å². The van der Waals surface area contributed by atoms with Crippen LogP contribution in [-0.4, -0.2) is 61.3 Å². The number of hydrogen-bond acceptors (Lipinski definition) is 11. The van der Waals surface area contributed by atoms with Crippen molar-refractivity contribution in [2.75, 3.05) is 13.1 Å². The predicted molar refractivity (Wildman–Crippen MR) is 138 cm³/mol. The van der Waals surface area contributed by atoms with Crippen LogP contribution in [0.4, 0.5) is 25.8 Å². The molecule has 2 aromatic rings. The number of nitrogens with zero attached hydrogens (tertiary/aromatic N) is 4. The molecule has 15 heteroatoms. The molecule has 2 aromatic carbocycles. The van der Waals surface area contributed by atoms with E-state index in [1.54, 1.807) is 20.8 Å². The average Bonchev–Trinajstić information content (AvgIpc) is 3.28. The van der Waals surface area contributed by atoms with Gasteiger partial charge in [-0.25, -0.2) is 24.4 Å². The van der Waals surface area contributed by atoms with Gasteiger partial charge >= 0.3 is 17.5 Å². The number of carbonyl (C=O) groups is 3. The number of carbonyl (C=O) groups excluding carboxylic acids is 3. The highest BCUT2D eigenvalue weighted by Gasteiger charge is 2.40. The van der Waals surface area contributed by atoms with Gasteiger partial charge in [0.05, 0.1) is 28.2 Å². The van der Waals surface area contributed by atoms with E-state index in [-0.39, 0.29) is 37.7 Å². The van der Waals surface area contributed by atoms with Crippen molar-refractivity contribution in [3.63, 3.8) is 0 Å². The average molecular weight is 563 g/mol. The number of non-ortho nitro benzene ring substituents is 2. The number of ether oxygens (including phenoxy) is 3. The molecule has 0 N–H and O–H groups in total. The molecule has 1 heterocycles. The van der Waals surface area contributed by atoms with Crippen LogP contribution in [0, 0.1) is 20.2 Å². The molecular formula is C24H26N4O10S. The van der Waals surface area contributed by atoms with Crippen LogP contribution in [0.2, 0.25) is 0 Å². The number of nitro groups is 2. The zero-order valence-corrected chi connectivity index (χ0v) is 22.1. The van der Waals surface area contributed by atoms with E-state index in [0.717, 1.165) is 21.8 Å². The van der Waals surface area contributed by atoms with Crippen LogP contribution in [-0.2, 0) is 27.4 Å². The van der Waals surface area contributed by atoms with E-state index in [2.05, 4.69) is 0 Å². The van der Waals surface area contributed by atoms with E-state index >= 15 is 0 Å². The Labute approximate surface area is 227 Å². The lowest BCUT2D eigenvalue weighted by Gasteiger charge is -2.26. The minimum absolute atomic E-state index is 0.0599. The molecule has 0 saturated carbocycles. The van der Waals surface area contributed by atoms with E-state index in [0.29, 0.717) is 11.1 Å². The first-order valence-corrected chi connectivity index (χ1v) is 12.4. The predicted octanol–water partition coefficient (Wildman–Crippen LogP) is 5.05. The summed E-state index contributed by atoms with van der Waals surface area (Å²) in [6.45, 7) is 4.58. The molecule has 1 saturated heterocycles. The number of hydrazine groups is 1. The Morgan fingerprint density at radius 3 is 1.54 bits per heavy atom. The monoisotopic (exact) mass is 562 g/mol. The molecule has 14 nitrogen and oxygen atoms in total. The number of rotatable bonds is 7. The second-order valence-corrected chi connectivity index (χ2v) is 10.6. The molecule has 1 fully saturated rings. The normalized spacial score (nSPS) is 13.6. The van der Waals surface area contributed by atoms with E-state index in [9.17, 15) is 34.6 Å². The maximum absolute atomic E-state index is 12.9. The van der Waals surface area contributed by atoms with E-state index in [1.807, 2.05) is 0 Å². The van der Waals surface area contributed by atoms with Crippen molar-refractivity contribution in [1.29, 1.82) is 0 Å². The molecule has 0 aliphatic carbocycles. The molecular weight excluding hydrogens is 536 g/mol. The summed E-state index contributed by atoms with van der Waals surface area (Å²) in [5.41, 5.74) is 0.0116. The Bertz CT molecular complexity index is 1150. The zero-order valence-electron chi connectivity index (χ0n) is 21.3. The maximum Gasteiger partial charge on any atom is 0.429 e. The summed E-state index contributed by atoms with van der Waals surface area (Å²) in [5.74, 6) is 0. The highest BCUT2D eigenvalue weighted by Crippen LogP contribution is 2.27. The standard InChI is InChI=1S/C24H26N4O10S/c1-24(2,3)38-23(31)39-20-12-25(21(29)36-14-16-4-8-18(9-5-16)27(32)33)26(13-20)22(30)37-15-17-6-10-19(11-7-17)28(34)35/h4-11,20H,12-15H2,1-3H3. The molecule has 1 aliphatic heterocycles. The molecule has 0 atom stereocenters. The Morgan fingerprint density at radius 2 is 1.21 bits per heavy atom. The topological polar surface area (TPSA) is 172 Å². The highest BCUT2D eigenvalue weighted by molar-refractivity contribution is 8.13. The van der Waals surface area contributed by atoms with Crippen LogP contribution in [0.5, 0.6) is 0 Å². The van der Waals surface area contributed by atoms with E-state index in [1.165, 1.54) is 48.5 Å². The molecule has 3 rings (SSSR count). The fraction of sp³-hybridized carbons (Fsp3) is 0.375.